The van der Waals surface area contributed by atoms with Crippen molar-refractivity contribution in [1.29, 1.82) is 0 Å². The standard InChI is InChI=1S/C16H24N2O/c1-14(2)18(11-4-12-19)13-16-8-6-15(7-9-16)5-3-10-17/h6-9,14,19H,4,10-13,17H2,1-2H3. The molecule has 0 bridgehead atoms. The fourth-order valence-electron chi connectivity index (χ4n) is 1.87. The number of rotatable bonds is 6. The van der Waals surface area contributed by atoms with E-state index < -0.39 is 0 Å². The lowest BCUT2D eigenvalue weighted by molar-refractivity contribution is 0.185. The van der Waals surface area contributed by atoms with Crippen LogP contribution in [0.15, 0.2) is 24.3 Å². The second kappa shape index (κ2) is 8.71. The molecule has 0 saturated heterocycles. The SMILES string of the molecule is CC(C)N(CCCO)Cc1ccc(C#CCN)cc1. The van der Waals surface area contributed by atoms with Crippen LogP contribution in [-0.4, -0.2) is 35.7 Å². The van der Waals surface area contributed by atoms with Crippen LogP contribution in [0.2, 0.25) is 0 Å². The van der Waals surface area contributed by atoms with Crippen LogP contribution in [0.25, 0.3) is 0 Å². The number of aliphatic hydroxyl groups excluding tert-OH is 1. The predicted octanol–water partition coefficient (Wildman–Crippen LogP) is 1.59. The molecule has 3 heteroatoms. The molecule has 0 aliphatic rings. The van der Waals surface area contributed by atoms with Crippen LogP contribution in [0, 0.1) is 11.8 Å². The van der Waals surface area contributed by atoms with Crippen LogP contribution in [-0.2, 0) is 6.54 Å². The minimum atomic E-state index is 0.247. The van der Waals surface area contributed by atoms with Crippen LogP contribution >= 0.6 is 0 Å². The molecule has 0 aliphatic heterocycles. The Labute approximate surface area is 116 Å². The third kappa shape index (κ3) is 5.89. The van der Waals surface area contributed by atoms with Crippen LogP contribution < -0.4 is 5.73 Å². The number of benzene rings is 1. The van der Waals surface area contributed by atoms with E-state index in [1.807, 2.05) is 12.1 Å². The minimum Gasteiger partial charge on any atom is -0.396 e. The van der Waals surface area contributed by atoms with Gasteiger partial charge in [0, 0.05) is 31.3 Å². The molecule has 0 radical (unpaired) electrons. The number of hydrogen-bond acceptors (Lipinski definition) is 3. The molecule has 0 unspecified atom stereocenters. The number of nitrogens with two attached hydrogens (primary N) is 1. The molecule has 3 N–H and O–H groups in total. The van der Waals surface area contributed by atoms with Crippen LogP contribution in [0.5, 0.6) is 0 Å². The maximum absolute atomic E-state index is 8.93. The summed E-state index contributed by atoms with van der Waals surface area (Å²) in [6.07, 6.45) is 0.818. The summed E-state index contributed by atoms with van der Waals surface area (Å²) in [6, 6.07) is 8.75. The first-order valence-corrected chi connectivity index (χ1v) is 6.80. The van der Waals surface area contributed by atoms with E-state index >= 15 is 0 Å². The monoisotopic (exact) mass is 260 g/mol. The van der Waals surface area contributed by atoms with Crippen molar-refractivity contribution in [3.05, 3.63) is 35.4 Å². The molecule has 1 aromatic rings. The zero-order valence-electron chi connectivity index (χ0n) is 11.9. The molecular weight excluding hydrogens is 236 g/mol. The van der Waals surface area contributed by atoms with Gasteiger partial charge >= 0.3 is 0 Å². The number of aliphatic hydroxyl groups is 1. The lowest BCUT2D eigenvalue weighted by Crippen LogP contribution is -2.31. The molecule has 0 heterocycles. The topological polar surface area (TPSA) is 49.5 Å². The second-order valence-corrected chi connectivity index (χ2v) is 4.84. The van der Waals surface area contributed by atoms with E-state index in [1.54, 1.807) is 0 Å². The zero-order valence-corrected chi connectivity index (χ0v) is 11.9. The molecule has 1 aromatic carbocycles. The first-order valence-electron chi connectivity index (χ1n) is 6.80. The highest BCUT2D eigenvalue weighted by atomic mass is 16.3. The van der Waals surface area contributed by atoms with Crippen molar-refractivity contribution in [2.75, 3.05) is 19.7 Å². The average Bonchev–Trinajstić information content (AvgIpc) is 2.42. The second-order valence-electron chi connectivity index (χ2n) is 4.84. The Kier molecular flexibility index (Phi) is 7.20. The largest absolute Gasteiger partial charge is 0.396 e. The molecule has 0 aromatic heterocycles. The summed E-state index contributed by atoms with van der Waals surface area (Å²) >= 11 is 0. The van der Waals surface area contributed by atoms with Crippen molar-refractivity contribution < 1.29 is 5.11 Å². The van der Waals surface area contributed by atoms with Gasteiger partial charge in [0.25, 0.3) is 0 Å². The Balaban J connectivity index is 2.64. The lowest BCUT2D eigenvalue weighted by Gasteiger charge is -2.26. The van der Waals surface area contributed by atoms with Gasteiger partial charge in [-0.1, -0.05) is 24.0 Å². The van der Waals surface area contributed by atoms with Gasteiger partial charge in [-0.15, -0.1) is 0 Å². The molecular formula is C16H24N2O. The van der Waals surface area contributed by atoms with E-state index in [2.05, 4.69) is 42.7 Å². The molecule has 3 nitrogen and oxygen atoms in total. The fourth-order valence-corrected chi connectivity index (χ4v) is 1.87. The third-order valence-electron chi connectivity index (χ3n) is 3.01. The van der Waals surface area contributed by atoms with Crippen LogP contribution in [0.3, 0.4) is 0 Å². The summed E-state index contributed by atoms with van der Waals surface area (Å²) in [6.45, 7) is 6.82. The summed E-state index contributed by atoms with van der Waals surface area (Å²) in [5, 5.41) is 8.93. The van der Waals surface area contributed by atoms with Gasteiger partial charge in [-0.2, -0.15) is 0 Å². The molecule has 0 fully saturated rings. The van der Waals surface area contributed by atoms with Crippen LogP contribution in [0.4, 0.5) is 0 Å². The Bertz CT molecular complexity index is 415. The molecule has 0 amide bonds. The first-order chi connectivity index (χ1) is 9.17. The maximum Gasteiger partial charge on any atom is 0.0555 e. The highest BCUT2D eigenvalue weighted by molar-refractivity contribution is 5.36. The first kappa shape index (κ1) is 15.7. The molecule has 0 atom stereocenters. The summed E-state index contributed by atoms with van der Waals surface area (Å²) in [7, 11) is 0. The predicted molar refractivity (Wildman–Crippen MR) is 79.6 cm³/mol. The van der Waals surface area contributed by atoms with Gasteiger partial charge < -0.3 is 10.8 Å². The van der Waals surface area contributed by atoms with Gasteiger partial charge in [0.2, 0.25) is 0 Å². The molecule has 19 heavy (non-hydrogen) atoms. The van der Waals surface area contributed by atoms with Gasteiger partial charge in [-0.25, -0.2) is 0 Å². The smallest absolute Gasteiger partial charge is 0.0555 e. The highest BCUT2D eigenvalue weighted by Crippen LogP contribution is 2.10. The number of hydrogen-bond donors (Lipinski definition) is 2. The van der Waals surface area contributed by atoms with E-state index in [9.17, 15) is 0 Å². The summed E-state index contributed by atoms with van der Waals surface area (Å²) in [5.41, 5.74) is 7.62. The van der Waals surface area contributed by atoms with Gasteiger partial charge in [0.15, 0.2) is 0 Å². The Morgan fingerprint density at radius 2 is 1.95 bits per heavy atom. The van der Waals surface area contributed by atoms with E-state index in [0.717, 1.165) is 25.1 Å². The Morgan fingerprint density at radius 3 is 2.47 bits per heavy atom. The van der Waals surface area contributed by atoms with E-state index in [4.69, 9.17) is 10.8 Å². The lowest BCUT2D eigenvalue weighted by atomic mass is 10.1. The van der Waals surface area contributed by atoms with E-state index in [-0.39, 0.29) is 6.61 Å². The van der Waals surface area contributed by atoms with Crippen molar-refractivity contribution in [2.45, 2.75) is 32.9 Å². The highest BCUT2D eigenvalue weighted by Gasteiger charge is 2.09. The van der Waals surface area contributed by atoms with Gasteiger partial charge in [-0.3, -0.25) is 4.90 Å². The summed E-state index contributed by atoms with van der Waals surface area (Å²) in [4.78, 5) is 2.36. The third-order valence-corrected chi connectivity index (χ3v) is 3.01. The van der Waals surface area contributed by atoms with Gasteiger partial charge in [0.1, 0.15) is 0 Å². The van der Waals surface area contributed by atoms with Crippen molar-refractivity contribution in [2.24, 2.45) is 5.73 Å². The van der Waals surface area contributed by atoms with Crippen molar-refractivity contribution >= 4 is 0 Å². The average molecular weight is 260 g/mol. The summed E-state index contributed by atoms with van der Waals surface area (Å²) < 4.78 is 0. The Hall–Kier alpha value is -1.34. The van der Waals surface area contributed by atoms with Crippen molar-refractivity contribution in [1.82, 2.24) is 4.90 Å². The molecule has 0 aliphatic carbocycles. The normalized spacial score (nSPS) is 10.6. The zero-order chi connectivity index (χ0) is 14.1. The van der Waals surface area contributed by atoms with Crippen molar-refractivity contribution in [3.8, 4) is 11.8 Å². The molecule has 0 spiro atoms. The Morgan fingerprint density at radius 1 is 1.26 bits per heavy atom. The van der Waals surface area contributed by atoms with E-state index in [1.165, 1.54) is 5.56 Å². The molecule has 104 valence electrons. The minimum absolute atomic E-state index is 0.247. The van der Waals surface area contributed by atoms with Gasteiger partial charge in [0.05, 0.1) is 6.54 Å². The number of nitrogens with zero attached hydrogens (tertiary/aromatic N) is 1. The summed E-state index contributed by atoms with van der Waals surface area (Å²) in [5.74, 6) is 5.87. The van der Waals surface area contributed by atoms with Gasteiger partial charge in [-0.05, 0) is 38.0 Å². The quantitative estimate of drug-likeness (QED) is 0.764. The van der Waals surface area contributed by atoms with Crippen LogP contribution in [0.1, 0.15) is 31.4 Å². The van der Waals surface area contributed by atoms with Crippen molar-refractivity contribution in [3.63, 3.8) is 0 Å². The molecule has 0 saturated carbocycles. The molecule has 1 rings (SSSR count). The fraction of sp³-hybridized carbons (Fsp3) is 0.500. The van der Waals surface area contributed by atoms with E-state index in [0.29, 0.717) is 12.6 Å². The maximum atomic E-state index is 8.93.